The number of carbonyl (C=O) groups excluding carboxylic acids is 4. The molecule has 3 rings (SSSR count). The third-order valence-corrected chi connectivity index (χ3v) is 8.79. The van der Waals surface area contributed by atoms with Crippen molar-refractivity contribution in [3.05, 3.63) is 69.8 Å². The van der Waals surface area contributed by atoms with E-state index in [1.54, 1.807) is 0 Å². The molecular formula is C39H56O4. The number of aryl methyl sites for hydroxylation is 1. The van der Waals surface area contributed by atoms with Gasteiger partial charge in [0.05, 0.1) is 6.42 Å². The monoisotopic (exact) mass is 588 g/mol. The van der Waals surface area contributed by atoms with Crippen LogP contribution in [0.2, 0.25) is 0 Å². The first kappa shape index (κ1) is 36.3. The predicted octanol–water partition coefficient (Wildman–Crippen LogP) is 9.87. The molecular weight excluding hydrogens is 532 g/mol. The highest BCUT2D eigenvalue weighted by molar-refractivity contribution is 6.01. The third-order valence-electron chi connectivity index (χ3n) is 8.79. The second-order valence-corrected chi connectivity index (χ2v) is 12.9. The van der Waals surface area contributed by atoms with Gasteiger partial charge in [-0.2, -0.15) is 0 Å². The Hall–Kier alpha value is -2.88. The highest BCUT2D eigenvalue weighted by Gasteiger charge is 2.34. The van der Waals surface area contributed by atoms with Gasteiger partial charge in [-0.1, -0.05) is 97.2 Å². The minimum Gasteiger partial charge on any atom is -0.300 e. The van der Waals surface area contributed by atoms with Crippen molar-refractivity contribution in [3.63, 3.8) is 0 Å². The van der Waals surface area contributed by atoms with E-state index in [0.717, 1.165) is 61.6 Å². The van der Waals surface area contributed by atoms with Crippen LogP contribution in [0, 0.1) is 24.7 Å². The van der Waals surface area contributed by atoms with Crippen molar-refractivity contribution in [3.8, 4) is 0 Å². The molecule has 2 aromatic carbocycles. The Morgan fingerprint density at radius 1 is 0.977 bits per heavy atom. The zero-order valence-electron chi connectivity index (χ0n) is 28.2. The summed E-state index contributed by atoms with van der Waals surface area (Å²) >= 11 is 0. The van der Waals surface area contributed by atoms with Crippen LogP contribution in [0.5, 0.6) is 0 Å². The third kappa shape index (κ3) is 10.4. The minimum atomic E-state index is -0.118. The fraction of sp³-hybridized carbons (Fsp3) is 0.590. The van der Waals surface area contributed by atoms with Gasteiger partial charge >= 0.3 is 0 Å². The van der Waals surface area contributed by atoms with Gasteiger partial charge in [0.15, 0.2) is 11.6 Å². The van der Waals surface area contributed by atoms with Crippen molar-refractivity contribution in [2.45, 2.75) is 132 Å². The summed E-state index contributed by atoms with van der Waals surface area (Å²) < 4.78 is 0. The van der Waals surface area contributed by atoms with E-state index in [1.807, 2.05) is 37.3 Å². The second-order valence-electron chi connectivity index (χ2n) is 12.9. The van der Waals surface area contributed by atoms with Gasteiger partial charge in [0.1, 0.15) is 11.6 Å². The van der Waals surface area contributed by atoms with E-state index >= 15 is 0 Å². The zero-order chi connectivity index (χ0) is 32.1. The molecule has 236 valence electrons. The van der Waals surface area contributed by atoms with Crippen LogP contribution in [0.3, 0.4) is 0 Å². The van der Waals surface area contributed by atoms with Crippen molar-refractivity contribution >= 4 is 23.1 Å². The van der Waals surface area contributed by atoms with Gasteiger partial charge < -0.3 is 0 Å². The Morgan fingerprint density at radius 3 is 2.19 bits per heavy atom. The molecule has 0 radical (unpaired) electrons. The summed E-state index contributed by atoms with van der Waals surface area (Å²) in [7, 11) is 0. The maximum absolute atomic E-state index is 13.7. The van der Waals surface area contributed by atoms with E-state index in [0.29, 0.717) is 12.8 Å². The fourth-order valence-electron chi connectivity index (χ4n) is 6.87. The largest absolute Gasteiger partial charge is 0.300 e. The molecule has 3 unspecified atom stereocenters. The maximum atomic E-state index is 13.7. The number of Topliss-reactive ketones (excluding diaryl/α,β-unsaturated/α-hetero) is 4. The van der Waals surface area contributed by atoms with Gasteiger partial charge in [-0.05, 0) is 86.0 Å². The van der Waals surface area contributed by atoms with E-state index < -0.39 is 0 Å². The smallest absolute Gasteiger partial charge is 0.163 e. The Bertz CT molecular complexity index is 1220. The molecule has 1 aliphatic rings. The molecule has 0 N–H and O–H groups in total. The summed E-state index contributed by atoms with van der Waals surface area (Å²) in [6.07, 6.45) is 8.18. The first-order chi connectivity index (χ1) is 20.5. The van der Waals surface area contributed by atoms with Crippen LogP contribution in [0.15, 0.2) is 36.4 Å². The van der Waals surface area contributed by atoms with Crippen molar-refractivity contribution in [2.75, 3.05) is 0 Å². The van der Waals surface area contributed by atoms with Crippen LogP contribution < -0.4 is 0 Å². The SMILES string of the molecule is CCC.CCCC(CC1CC(=O)c2c(C)c(CCCC(=O)c3ccccc3)cc(C(C)C)c2C1)C(CC)C(=O)CC(C)=O. The molecule has 0 aliphatic heterocycles. The van der Waals surface area contributed by atoms with Gasteiger partial charge in [0, 0.05) is 29.9 Å². The summed E-state index contributed by atoms with van der Waals surface area (Å²) in [6.45, 7) is 16.4. The average molecular weight is 589 g/mol. The van der Waals surface area contributed by atoms with Gasteiger partial charge in [-0.15, -0.1) is 0 Å². The van der Waals surface area contributed by atoms with Crippen molar-refractivity contribution in [1.29, 1.82) is 0 Å². The molecule has 0 amide bonds. The van der Waals surface area contributed by atoms with Crippen LogP contribution >= 0.6 is 0 Å². The molecule has 43 heavy (non-hydrogen) atoms. The first-order valence-corrected chi connectivity index (χ1v) is 16.8. The lowest BCUT2D eigenvalue weighted by molar-refractivity contribution is -0.129. The number of hydrogen-bond donors (Lipinski definition) is 0. The van der Waals surface area contributed by atoms with E-state index in [9.17, 15) is 19.2 Å². The summed E-state index contributed by atoms with van der Waals surface area (Å²) in [6, 6.07) is 11.7. The van der Waals surface area contributed by atoms with Crippen LogP contribution in [0.25, 0.3) is 0 Å². The summed E-state index contributed by atoms with van der Waals surface area (Å²) in [5, 5.41) is 0. The standard InChI is InChI=1S/C36H48O4.C3H8/c1-7-13-29(30(8-2)34(39)18-24(5)37)19-26-20-32-31(23(3)4)22-28(25(6)36(32)35(40)21-26)16-12-17-33(38)27-14-10-9-11-15-27;1-3-2/h9-11,14-15,22-23,26,29-30H,7-8,12-13,16-21H2,1-6H3;3H2,1-2H3. The average Bonchev–Trinajstić information content (AvgIpc) is 2.94. The quantitative estimate of drug-likeness (QED) is 0.153. The zero-order valence-corrected chi connectivity index (χ0v) is 28.2. The van der Waals surface area contributed by atoms with Crippen LogP contribution in [-0.4, -0.2) is 23.1 Å². The molecule has 0 aromatic heterocycles. The molecule has 0 spiro atoms. The fourth-order valence-corrected chi connectivity index (χ4v) is 6.87. The highest BCUT2D eigenvalue weighted by Crippen LogP contribution is 2.40. The minimum absolute atomic E-state index is 0.0154. The molecule has 2 aromatic rings. The van der Waals surface area contributed by atoms with E-state index in [2.05, 4.69) is 47.6 Å². The van der Waals surface area contributed by atoms with Gasteiger partial charge in [-0.3, -0.25) is 19.2 Å². The molecule has 0 bridgehead atoms. The number of carbonyl (C=O) groups is 4. The van der Waals surface area contributed by atoms with Crippen LogP contribution in [-0.2, 0) is 22.4 Å². The summed E-state index contributed by atoms with van der Waals surface area (Å²) in [5.74, 6) is 0.945. The first-order valence-electron chi connectivity index (χ1n) is 16.8. The number of rotatable bonds is 15. The predicted molar refractivity (Wildman–Crippen MR) is 178 cm³/mol. The lowest BCUT2D eigenvalue weighted by Gasteiger charge is -2.33. The summed E-state index contributed by atoms with van der Waals surface area (Å²) in [4.78, 5) is 50.9. The molecule has 1 aliphatic carbocycles. The number of ketones is 4. The van der Waals surface area contributed by atoms with Crippen molar-refractivity contribution in [2.24, 2.45) is 17.8 Å². The second kappa shape index (κ2) is 18.0. The Morgan fingerprint density at radius 2 is 1.63 bits per heavy atom. The lowest BCUT2D eigenvalue weighted by atomic mass is 9.70. The van der Waals surface area contributed by atoms with Crippen LogP contribution in [0.4, 0.5) is 0 Å². The number of benzene rings is 2. The molecule has 0 saturated heterocycles. The van der Waals surface area contributed by atoms with Crippen LogP contribution in [0.1, 0.15) is 155 Å². The van der Waals surface area contributed by atoms with E-state index in [4.69, 9.17) is 0 Å². The Balaban J connectivity index is 0.00000206. The Kier molecular flexibility index (Phi) is 15.2. The topological polar surface area (TPSA) is 68.3 Å². The Labute approximate surface area is 261 Å². The van der Waals surface area contributed by atoms with Gasteiger partial charge in [0.2, 0.25) is 0 Å². The highest BCUT2D eigenvalue weighted by atomic mass is 16.1. The molecule has 4 heteroatoms. The number of fused-ring (bicyclic) bond motifs is 1. The van der Waals surface area contributed by atoms with Gasteiger partial charge in [-0.25, -0.2) is 0 Å². The maximum Gasteiger partial charge on any atom is 0.163 e. The van der Waals surface area contributed by atoms with E-state index in [-0.39, 0.29) is 53.2 Å². The number of hydrogen-bond acceptors (Lipinski definition) is 4. The lowest BCUT2D eigenvalue weighted by Crippen LogP contribution is -2.30. The van der Waals surface area contributed by atoms with Crippen molar-refractivity contribution < 1.29 is 19.2 Å². The van der Waals surface area contributed by atoms with Crippen molar-refractivity contribution in [1.82, 2.24) is 0 Å². The van der Waals surface area contributed by atoms with Gasteiger partial charge in [0.25, 0.3) is 0 Å². The molecule has 0 saturated carbocycles. The normalized spacial score (nSPS) is 15.7. The van der Waals surface area contributed by atoms with E-state index in [1.165, 1.54) is 30.0 Å². The summed E-state index contributed by atoms with van der Waals surface area (Å²) in [5.41, 5.74) is 6.34. The molecule has 0 fully saturated rings. The molecule has 4 nitrogen and oxygen atoms in total. The molecule has 0 heterocycles. The molecule has 3 atom stereocenters.